The van der Waals surface area contributed by atoms with Crippen LogP contribution in [0.2, 0.25) is 0 Å². The third kappa shape index (κ3) is 3.97. The maximum Gasteiger partial charge on any atom is 0.224 e. The van der Waals surface area contributed by atoms with Crippen molar-refractivity contribution < 1.29 is 13.9 Å². The predicted molar refractivity (Wildman–Crippen MR) is 123 cm³/mol. The van der Waals surface area contributed by atoms with Crippen LogP contribution in [0.5, 0.6) is 5.75 Å². The van der Waals surface area contributed by atoms with E-state index in [4.69, 9.17) is 4.74 Å². The minimum absolute atomic E-state index is 0. The summed E-state index contributed by atoms with van der Waals surface area (Å²) in [5.74, 6) is 0.395. The van der Waals surface area contributed by atoms with Gasteiger partial charge in [-0.25, -0.2) is 14.4 Å². The van der Waals surface area contributed by atoms with Crippen LogP contribution in [-0.4, -0.2) is 27.4 Å². The van der Waals surface area contributed by atoms with Crippen molar-refractivity contribution in [3.8, 4) is 17.0 Å². The summed E-state index contributed by atoms with van der Waals surface area (Å²) in [5, 5.41) is 6.26. The van der Waals surface area contributed by atoms with Crippen LogP contribution in [0.4, 0.5) is 21.6 Å². The first-order valence-corrected chi connectivity index (χ1v) is 9.98. The average molecular weight is 454 g/mol. The number of carbonyl (C=O) groups is 1. The van der Waals surface area contributed by atoms with Gasteiger partial charge in [-0.1, -0.05) is 0 Å². The Morgan fingerprint density at radius 3 is 2.84 bits per heavy atom. The zero-order valence-corrected chi connectivity index (χ0v) is 18.1. The highest BCUT2D eigenvalue weighted by Crippen LogP contribution is 2.30. The Kier molecular flexibility index (Phi) is 5.96. The number of methoxy groups -OCH3 is 1. The molecule has 0 atom stereocenters. The van der Waals surface area contributed by atoms with Crippen LogP contribution < -0.4 is 15.4 Å². The molecule has 0 radical (unpaired) electrons. The van der Waals surface area contributed by atoms with E-state index in [1.807, 2.05) is 22.6 Å². The van der Waals surface area contributed by atoms with Crippen molar-refractivity contribution in [2.24, 2.45) is 0 Å². The largest absolute Gasteiger partial charge is 0.494 e. The van der Waals surface area contributed by atoms with Crippen molar-refractivity contribution in [3.05, 3.63) is 66.4 Å². The highest BCUT2D eigenvalue weighted by Gasteiger charge is 2.15. The van der Waals surface area contributed by atoms with Gasteiger partial charge in [0.25, 0.3) is 0 Å². The number of fused-ring (bicyclic) bond motifs is 2. The van der Waals surface area contributed by atoms with Crippen molar-refractivity contribution in [1.29, 1.82) is 0 Å². The molecule has 2 N–H and O–H groups in total. The molecule has 1 amide bonds. The van der Waals surface area contributed by atoms with Crippen LogP contribution in [0.25, 0.3) is 16.9 Å². The van der Waals surface area contributed by atoms with E-state index in [1.54, 1.807) is 30.7 Å². The first-order chi connectivity index (χ1) is 15.1. The van der Waals surface area contributed by atoms with Crippen LogP contribution in [0, 0.1) is 5.82 Å². The Hall–Kier alpha value is -3.65. The Morgan fingerprint density at radius 2 is 2.03 bits per heavy atom. The van der Waals surface area contributed by atoms with Gasteiger partial charge in [-0.15, -0.1) is 12.4 Å². The molecule has 3 heterocycles. The number of nitrogens with zero attached hydrogens (tertiary/aromatic N) is 3. The number of aromatic nitrogens is 3. The lowest BCUT2D eigenvalue weighted by atomic mass is 10.1. The van der Waals surface area contributed by atoms with E-state index in [0.29, 0.717) is 23.4 Å². The van der Waals surface area contributed by atoms with Crippen LogP contribution >= 0.6 is 12.4 Å². The summed E-state index contributed by atoms with van der Waals surface area (Å²) in [7, 11) is 1.44. The number of rotatable bonds is 4. The molecule has 0 saturated carbocycles. The average Bonchev–Trinajstić information content (AvgIpc) is 3.11. The van der Waals surface area contributed by atoms with E-state index >= 15 is 0 Å². The van der Waals surface area contributed by atoms with Gasteiger partial charge >= 0.3 is 0 Å². The van der Waals surface area contributed by atoms with Gasteiger partial charge in [-0.3, -0.25) is 9.20 Å². The summed E-state index contributed by atoms with van der Waals surface area (Å²) < 4.78 is 21.1. The molecule has 0 fully saturated rings. The SMILES string of the molecule is COc1ccc(-c2cnc3c(Nc4ccc5c(c4)CCCC(=O)N5)nccn23)cc1F.Cl. The van der Waals surface area contributed by atoms with Gasteiger partial charge in [0, 0.05) is 35.8 Å². The molecule has 2 aromatic carbocycles. The third-order valence-electron chi connectivity index (χ3n) is 5.37. The second kappa shape index (κ2) is 8.84. The van der Waals surface area contributed by atoms with Crippen molar-refractivity contribution >= 4 is 41.2 Å². The molecular formula is C23H21ClFN5O2. The van der Waals surface area contributed by atoms with Gasteiger partial charge < -0.3 is 15.4 Å². The van der Waals surface area contributed by atoms with Gasteiger partial charge in [-0.2, -0.15) is 0 Å². The number of carbonyl (C=O) groups excluding carboxylic acids is 1. The summed E-state index contributed by atoms with van der Waals surface area (Å²) in [6.45, 7) is 0. The quantitative estimate of drug-likeness (QED) is 0.455. The zero-order chi connectivity index (χ0) is 21.4. The van der Waals surface area contributed by atoms with E-state index < -0.39 is 5.82 Å². The second-order valence-corrected chi connectivity index (χ2v) is 7.36. The van der Waals surface area contributed by atoms with E-state index in [1.165, 1.54) is 13.2 Å². The summed E-state index contributed by atoms with van der Waals surface area (Å²) in [6, 6.07) is 10.6. The topological polar surface area (TPSA) is 80.5 Å². The van der Waals surface area contributed by atoms with Crippen molar-refractivity contribution in [2.75, 3.05) is 17.7 Å². The Labute approximate surface area is 190 Å². The number of anilines is 3. The lowest BCUT2D eigenvalue weighted by Gasteiger charge is -2.12. The molecule has 1 aliphatic rings. The highest BCUT2D eigenvalue weighted by atomic mass is 35.5. The minimum Gasteiger partial charge on any atom is -0.494 e. The molecule has 0 spiro atoms. The number of ether oxygens (including phenoxy) is 1. The van der Waals surface area contributed by atoms with Gasteiger partial charge in [0.1, 0.15) is 0 Å². The Bertz CT molecular complexity index is 1310. The number of aryl methyl sites for hydroxylation is 1. The fourth-order valence-electron chi connectivity index (χ4n) is 3.84. The summed E-state index contributed by atoms with van der Waals surface area (Å²) >= 11 is 0. The Morgan fingerprint density at radius 1 is 1.16 bits per heavy atom. The molecular weight excluding hydrogens is 433 g/mol. The highest BCUT2D eigenvalue weighted by molar-refractivity contribution is 5.92. The van der Waals surface area contributed by atoms with Crippen molar-refractivity contribution in [1.82, 2.24) is 14.4 Å². The van der Waals surface area contributed by atoms with E-state index in [-0.39, 0.29) is 24.1 Å². The monoisotopic (exact) mass is 453 g/mol. The molecule has 9 heteroatoms. The second-order valence-electron chi connectivity index (χ2n) is 7.36. The number of hydrogen-bond acceptors (Lipinski definition) is 5. The van der Waals surface area contributed by atoms with Crippen LogP contribution in [0.15, 0.2) is 55.0 Å². The summed E-state index contributed by atoms with van der Waals surface area (Å²) in [6.07, 6.45) is 7.33. The minimum atomic E-state index is -0.431. The maximum atomic E-state index is 14.2. The fourth-order valence-corrected chi connectivity index (χ4v) is 3.84. The normalized spacial score (nSPS) is 13.0. The number of benzene rings is 2. The number of hydrogen-bond donors (Lipinski definition) is 2. The number of halogens is 2. The molecule has 164 valence electrons. The summed E-state index contributed by atoms with van der Waals surface area (Å²) in [5.41, 5.74) is 4.84. The third-order valence-corrected chi connectivity index (χ3v) is 5.37. The zero-order valence-electron chi connectivity index (χ0n) is 17.3. The fraction of sp³-hybridized carbons (Fsp3) is 0.174. The molecule has 0 aliphatic carbocycles. The van der Waals surface area contributed by atoms with E-state index in [0.717, 1.165) is 35.5 Å². The van der Waals surface area contributed by atoms with Gasteiger partial charge in [0.2, 0.25) is 5.91 Å². The van der Waals surface area contributed by atoms with Crippen molar-refractivity contribution in [3.63, 3.8) is 0 Å². The van der Waals surface area contributed by atoms with Crippen molar-refractivity contribution in [2.45, 2.75) is 19.3 Å². The predicted octanol–water partition coefficient (Wildman–Crippen LogP) is 4.98. The molecule has 0 bridgehead atoms. The van der Waals surface area contributed by atoms with Gasteiger partial charge in [-0.05, 0) is 54.8 Å². The standard InChI is InChI=1S/C23H20FN5O2.ClH/c1-31-20-8-5-15(12-17(20)24)19-13-26-23-22(25-9-10-29(19)23)27-16-6-7-18-14(11-16)3-2-4-21(30)28-18;/h5-13H,2-4H2,1H3,(H,25,27)(H,28,30);1H. The van der Waals surface area contributed by atoms with Gasteiger partial charge in [0.15, 0.2) is 23.0 Å². The first-order valence-electron chi connectivity index (χ1n) is 9.98. The molecule has 32 heavy (non-hydrogen) atoms. The lowest BCUT2D eigenvalue weighted by molar-refractivity contribution is -0.116. The molecule has 5 rings (SSSR count). The molecule has 0 unspecified atom stereocenters. The smallest absolute Gasteiger partial charge is 0.224 e. The first kappa shape index (κ1) is 21.6. The number of imidazole rings is 1. The molecule has 1 aliphatic heterocycles. The maximum absolute atomic E-state index is 14.2. The van der Waals surface area contributed by atoms with Crippen LogP contribution in [0.1, 0.15) is 18.4 Å². The molecule has 7 nitrogen and oxygen atoms in total. The molecule has 2 aromatic heterocycles. The van der Waals surface area contributed by atoms with E-state index in [9.17, 15) is 9.18 Å². The van der Waals surface area contributed by atoms with Gasteiger partial charge in [0.05, 0.1) is 19.0 Å². The van der Waals surface area contributed by atoms with E-state index in [2.05, 4.69) is 20.6 Å². The number of nitrogens with one attached hydrogen (secondary N) is 2. The van der Waals surface area contributed by atoms with Crippen LogP contribution in [0.3, 0.4) is 0 Å². The summed E-state index contributed by atoms with van der Waals surface area (Å²) in [4.78, 5) is 20.7. The van der Waals surface area contributed by atoms with Crippen LogP contribution in [-0.2, 0) is 11.2 Å². The molecule has 4 aromatic rings. The lowest BCUT2D eigenvalue weighted by Crippen LogP contribution is -2.09. The molecule has 0 saturated heterocycles. The number of amides is 1. The Balaban J connectivity index is 0.00000245.